The molecule has 2 atom stereocenters. The third-order valence-corrected chi connectivity index (χ3v) is 6.70. The monoisotopic (exact) mass is 444 g/mol. The summed E-state index contributed by atoms with van der Waals surface area (Å²) in [5.74, 6) is 1.76. The first kappa shape index (κ1) is 18.5. The number of hydrogen-bond donors (Lipinski definition) is 2. The van der Waals surface area contributed by atoms with E-state index < -0.39 is 0 Å². The number of nitrogens with zero attached hydrogens (tertiary/aromatic N) is 3. The van der Waals surface area contributed by atoms with Crippen LogP contribution in [0.5, 0.6) is 0 Å². The largest absolute Gasteiger partial charge is 0.394 e. The van der Waals surface area contributed by atoms with Crippen molar-refractivity contribution in [1.82, 2.24) is 14.8 Å². The van der Waals surface area contributed by atoms with Crippen molar-refractivity contribution >= 4 is 33.5 Å². The third-order valence-electron chi connectivity index (χ3n) is 4.79. The molecule has 1 aliphatic heterocycles. The summed E-state index contributed by atoms with van der Waals surface area (Å²) in [7, 11) is 1.94. The van der Waals surface area contributed by atoms with Gasteiger partial charge in [-0.2, -0.15) is 5.10 Å². The second kappa shape index (κ2) is 7.66. The van der Waals surface area contributed by atoms with Crippen molar-refractivity contribution in [2.75, 3.05) is 17.7 Å². The highest BCUT2D eigenvalue weighted by atomic mass is 79.9. The third kappa shape index (κ3) is 3.51. The van der Waals surface area contributed by atoms with Crippen LogP contribution in [-0.2, 0) is 7.05 Å². The van der Waals surface area contributed by atoms with Crippen LogP contribution in [0.2, 0.25) is 0 Å². The van der Waals surface area contributed by atoms with E-state index in [2.05, 4.69) is 51.4 Å². The molecular weight excluding hydrogens is 424 g/mol. The molecule has 0 saturated carbocycles. The summed E-state index contributed by atoms with van der Waals surface area (Å²) in [6.07, 6.45) is 1.80. The van der Waals surface area contributed by atoms with Crippen LogP contribution >= 0.6 is 27.7 Å². The van der Waals surface area contributed by atoms with Crippen LogP contribution in [0.3, 0.4) is 0 Å². The van der Waals surface area contributed by atoms with E-state index in [4.69, 9.17) is 5.10 Å². The first-order chi connectivity index (χ1) is 13.1. The molecule has 0 saturated heterocycles. The number of fused-ring (bicyclic) bond motifs is 1. The van der Waals surface area contributed by atoms with Crippen LogP contribution in [0, 0.1) is 6.92 Å². The molecule has 2 N–H and O–H groups in total. The van der Waals surface area contributed by atoms with Gasteiger partial charge in [-0.15, -0.1) is 11.8 Å². The number of halogens is 1. The summed E-state index contributed by atoms with van der Waals surface area (Å²) in [5.41, 5.74) is 5.36. The Labute approximate surface area is 171 Å². The molecule has 0 fully saturated rings. The van der Waals surface area contributed by atoms with Gasteiger partial charge in [-0.25, -0.2) is 0 Å². The summed E-state index contributed by atoms with van der Waals surface area (Å²) in [5, 5.41) is 18.2. The average Bonchev–Trinajstić information content (AvgIpc) is 2.86. The van der Waals surface area contributed by atoms with Gasteiger partial charge in [-0.1, -0.05) is 28.1 Å². The Bertz CT molecular complexity index is 960. The average molecular weight is 445 g/mol. The molecule has 0 amide bonds. The molecule has 2 aromatic heterocycles. The lowest BCUT2D eigenvalue weighted by Crippen LogP contribution is -2.26. The predicted molar refractivity (Wildman–Crippen MR) is 114 cm³/mol. The quantitative estimate of drug-likeness (QED) is 0.634. The smallest absolute Gasteiger partial charge is 0.129 e. The van der Waals surface area contributed by atoms with Crippen LogP contribution in [-0.4, -0.2) is 38.3 Å². The molecule has 7 heteroatoms. The fourth-order valence-corrected chi connectivity index (χ4v) is 5.38. The number of benzene rings is 1. The van der Waals surface area contributed by atoms with Crippen molar-refractivity contribution in [1.29, 1.82) is 0 Å². The van der Waals surface area contributed by atoms with Crippen LogP contribution in [0.4, 0.5) is 5.82 Å². The van der Waals surface area contributed by atoms with Crippen LogP contribution in [0.25, 0.3) is 11.4 Å². The Morgan fingerprint density at radius 2 is 2.19 bits per heavy atom. The van der Waals surface area contributed by atoms with Crippen LogP contribution < -0.4 is 5.32 Å². The van der Waals surface area contributed by atoms with E-state index in [1.54, 1.807) is 6.20 Å². The number of nitrogens with one attached hydrogen (secondary N) is 1. The zero-order chi connectivity index (χ0) is 19.0. The summed E-state index contributed by atoms with van der Waals surface area (Å²) in [4.78, 5) is 4.54. The minimum absolute atomic E-state index is 0.0125. The van der Waals surface area contributed by atoms with Crippen molar-refractivity contribution < 1.29 is 5.11 Å². The number of rotatable bonds is 3. The maximum absolute atomic E-state index is 9.78. The minimum atomic E-state index is -0.0125. The second-order valence-electron chi connectivity index (χ2n) is 6.69. The van der Waals surface area contributed by atoms with Crippen LogP contribution in [0.1, 0.15) is 21.9 Å². The zero-order valence-corrected chi connectivity index (χ0v) is 17.6. The topological polar surface area (TPSA) is 63.0 Å². The normalized spacial score (nSPS) is 19.3. The molecule has 1 aromatic carbocycles. The number of aryl methyl sites for hydroxylation is 2. The molecule has 3 aromatic rings. The first-order valence-corrected chi connectivity index (χ1v) is 10.7. The number of hydrogen-bond acceptors (Lipinski definition) is 5. The lowest BCUT2D eigenvalue weighted by atomic mass is 9.98. The van der Waals surface area contributed by atoms with E-state index in [1.165, 1.54) is 11.1 Å². The lowest BCUT2D eigenvalue weighted by molar-refractivity contribution is 0.282. The molecule has 0 radical (unpaired) electrons. The number of aliphatic hydroxyl groups is 1. The highest BCUT2D eigenvalue weighted by Crippen LogP contribution is 2.47. The molecule has 5 nitrogen and oxygen atoms in total. The summed E-state index contributed by atoms with van der Waals surface area (Å²) in [6, 6.07) is 12.3. The second-order valence-corrected chi connectivity index (χ2v) is 8.74. The Morgan fingerprint density at radius 1 is 1.33 bits per heavy atom. The Morgan fingerprint density at radius 3 is 2.89 bits per heavy atom. The van der Waals surface area contributed by atoms with Gasteiger partial charge in [0, 0.05) is 29.0 Å². The molecular formula is C20H21BrN4OS. The molecule has 4 rings (SSSR count). The number of pyridine rings is 1. The van der Waals surface area contributed by atoms with E-state index >= 15 is 0 Å². The molecule has 27 heavy (non-hydrogen) atoms. The minimum Gasteiger partial charge on any atom is -0.394 e. The van der Waals surface area contributed by atoms with Crippen LogP contribution in [0.15, 0.2) is 47.1 Å². The highest BCUT2D eigenvalue weighted by molar-refractivity contribution is 9.10. The standard InChI is InChI=1S/C20H21BrN4OS/c1-12-9-13(21)6-7-15(12)19-17-18(16-5-3-4-8-22-16)24-25(2)20(17)23-14(10-26)11-27-19/h3-9,14,19,23,26H,10-11H2,1-2H3/t14-,19+/m1/s1. The molecule has 0 unspecified atom stereocenters. The number of aliphatic hydroxyl groups excluding tert-OH is 1. The lowest BCUT2D eigenvalue weighted by Gasteiger charge is -2.19. The van der Waals surface area contributed by atoms with Gasteiger partial charge in [0.2, 0.25) is 0 Å². The van der Waals surface area contributed by atoms with Gasteiger partial charge in [0.25, 0.3) is 0 Å². The molecule has 0 aliphatic carbocycles. The van der Waals surface area contributed by atoms with Gasteiger partial charge < -0.3 is 10.4 Å². The van der Waals surface area contributed by atoms with Crippen molar-refractivity contribution in [3.05, 3.63) is 63.8 Å². The van der Waals surface area contributed by atoms with Gasteiger partial charge in [0.15, 0.2) is 0 Å². The summed E-state index contributed by atoms with van der Waals surface area (Å²) < 4.78 is 2.94. The Hall–Kier alpha value is -1.83. The van der Waals surface area contributed by atoms with E-state index in [0.29, 0.717) is 0 Å². The van der Waals surface area contributed by atoms with E-state index in [1.807, 2.05) is 41.7 Å². The molecule has 3 heterocycles. The van der Waals surface area contributed by atoms with E-state index in [9.17, 15) is 5.11 Å². The number of thioether (sulfide) groups is 1. The summed E-state index contributed by atoms with van der Waals surface area (Å²) in [6.45, 7) is 2.22. The van der Waals surface area contributed by atoms with E-state index in [-0.39, 0.29) is 17.9 Å². The van der Waals surface area contributed by atoms with E-state index in [0.717, 1.165) is 33.0 Å². The highest BCUT2D eigenvalue weighted by Gasteiger charge is 2.32. The molecule has 0 bridgehead atoms. The van der Waals surface area contributed by atoms with Gasteiger partial charge >= 0.3 is 0 Å². The van der Waals surface area contributed by atoms with Gasteiger partial charge in [-0.3, -0.25) is 9.67 Å². The maximum Gasteiger partial charge on any atom is 0.129 e. The number of anilines is 1. The first-order valence-electron chi connectivity index (χ1n) is 8.82. The van der Waals surface area contributed by atoms with Crippen molar-refractivity contribution in [2.24, 2.45) is 7.05 Å². The fourth-order valence-electron chi connectivity index (χ4n) is 3.46. The zero-order valence-electron chi connectivity index (χ0n) is 15.2. The maximum atomic E-state index is 9.78. The fraction of sp³-hybridized carbons (Fsp3) is 0.300. The Balaban J connectivity index is 1.92. The molecule has 1 aliphatic rings. The SMILES string of the molecule is Cc1cc(Br)ccc1[C@@H]1SC[C@@H](CO)Nc2c1c(-c1ccccn1)nn2C. The molecule has 140 valence electrons. The van der Waals surface area contributed by atoms with Gasteiger partial charge in [0.1, 0.15) is 11.5 Å². The predicted octanol–water partition coefficient (Wildman–Crippen LogP) is 4.16. The Kier molecular flexibility index (Phi) is 5.25. The summed E-state index contributed by atoms with van der Waals surface area (Å²) >= 11 is 5.40. The van der Waals surface area contributed by atoms with Crippen molar-refractivity contribution in [3.8, 4) is 11.4 Å². The number of aromatic nitrogens is 3. The van der Waals surface area contributed by atoms with Crippen molar-refractivity contribution in [3.63, 3.8) is 0 Å². The van der Waals surface area contributed by atoms with Crippen molar-refractivity contribution in [2.45, 2.75) is 18.2 Å². The van der Waals surface area contributed by atoms with Gasteiger partial charge in [0.05, 0.1) is 23.6 Å². The van der Waals surface area contributed by atoms with Gasteiger partial charge in [-0.05, 0) is 42.3 Å². The molecule has 0 spiro atoms.